The summed E-state index contributed by atoms with van der Waals surface area (Å²) in [5, 5.41) is 8.79. The van der Waals surface area contributed by atoms with Gasteiger partial charge in [0.2, 0.25) is 0 Å². The summed E-state index contributed by atoms with van der Waals surface area (Å²) in [5.74, 6) is 0. The lowest BCUT2D eigenvalue weighted by Crippen LogP contribution is -2.25. The van der Waals surface area contributed by atoms with Crippen LogP contribution in [0.2, 0.25) is 0 Å². The van der Waals surface area contributed by atoms with Crippen LogP contribution in [0.5, 0.6) is 0 Å². The Morgan fingerprint density at radius 3 is 2.42 bits per heavy atom. The van der Waals surface area contributed by atoms with E-state index in [0.29, 0.717) is 12.1 Å². The van der Waals surface area contributed by atoms with Gasteiger partial charge in [-0.25, -0.2) is 4.79 Å². The molecular formula is C14H22N4O. The van der Waals surface area contributed by atoms with Crippen LogP contribution in [0.1, 0.15) is 13.3 Å². The van der Waals surface area contributed by atoms with Gasteiger partial charge in [0, 0.05) is 37.1 Å². The SMILES string of the molecule is CNC(=O)Nc1ccc(NC2CC(C)N(C)C2)cc1. The van der Waals surface area contributed by atoms with E-state index in [9.17, 15) is 4.79 Å². The normalized spacial score (nSPS) is 23.1. The molecule has 5 nitrogen and oxygen atoms in total. The zero-order valence-corrected chi connectivity index (χ0v) is 11.7. The van der Waals surface area contributed by atoms with Crippen LogP contribution in [0.4, 0.5) is 16.2 Å². The van der Waals surface area contributed by atoms with E-state index < -0.39 is 0 Å². The fraction of sp³-hybridized carbons (Fsp3) is 0.500. The molecule has 0 saturated carbocycles. The van der Waals surface area contributed by atoms with Crippen molar-refractivity contribution in [2.24, 2.45) is 0 Å². The van der Waals surface area contributed by atoms with Gasteiger partial charge in [-0.05, 0) is 44.7 Å². The van der Waals surface area contributed by atoms with Gasteiger partial charge in [-0.3, -0.25) is 0 Å². The van der Waals surface area contributed by atoms with Crippen molar-refractivity contribution in [2.45, 2.75) is 25.4 Å². The van der Waals surface area contributed by atoms with E-state index in [1.807, 2.05) is 24.3 Å². The number of carbonyl (C=O) groups excluding carboxylic acids is 1. The minimum Gasteiger partial charge on any atom is -0.381 e. The third-order valence-corrected chi connectivity index (χ3v) is 3.63. The van der Waals surface area contributed by atoms with Crippen LogP contribution in [0.15, 0.2) is 24.3 Å². The zero-order valence-electron chi connectivity index (χ0n) is 11.7. The first-order valence-electron chi connectivity index (χ1n) is 6.64. The third-order valence-electron chi connectivity index (χ3n) is 3.63. The number of nitrogens with zero attached hydrogens (tertiary/aromatic N) is 1. The van der Waals surface area contributed by atoms with Crippen molar-refractivity contribution < 1.29 is 4.79 Å². The first-order valence-corrected chi connectivity index (χ1v) is 6.64. The summed E-state index contributed by atoms with van der Waals surface area (Å²) in [6.07, 6.45) is 1.16. The maximum absolute atomic E-state index is 11.2. The number of urea groups is 1. The number of hydrogen-bond donors (Lipinski definition) is 3. The van der Waals surface area contributed by atoms with E-state index in [1.54, 1.807) is 7.05 Å². The van der Waals surface area contributed by atoms with E-state index in [1.165, 1.54) is 0 Å². The quantitative estimate of drug-likeness (QED) is 0.780. The molecule has 0 aliphatic carbocycles. The van der Waals surface area contributed by atoms with E-state index >= 15 is 0 Å². The van der Waals surface area contributed by atoms with Gasteiger partial charge < -0.3 is 20.9 Å². The van der Waals surface area contributed by atoms with Crippen molar-refractivity contribution in [1.29, 1.82) is 0 Å². The van der Waals surface area contributed by atoms with Gasteiger partial charge in [-0.1, -0.05) is 0 Å². The van der Waals surface area contributed by atoms with Gasteiger partial charge in [0.05, 0.1) is 0 Å². The Morgan fingerprint density at radius 2 is 1.89 bits per heavy atom. The van der Waals surface area contributed by atoms with Crippen molar-refractivity contribution in [2.75, 3.05) is 31.3 Å². The number of amides is 2. The van der Waals surface area contributed by atoms with Gasteiger partial charge in [-0.15, -0.1) is 0 Å². The first-order chi connectivity index (χ1) is 9.08. The third kappa shape index (κ3) is 3.61. The number of likely N-dealkylation sites (tertiary alicyclic amines) is 1. The molecule has 1 fully saturated rings. The zero-order chi connectivity index (χ0) is 13.8. The molecule has 3 N–H and O–H groups in total. The van der Waals surface area contributed by atoms with Crippen molar-refractivity contribution >= 4 is 17.4 Å². The molecule has 0 spiro atoms. The molecule has 1 aliphatic heterocycles. The summed E-state index contributed by atoms with van der Waals surface area (Å²) in [4.78, 5) is 13.5. The summed E-state index contributed by atoms with van der Waals surface area (Å²) in [6, 6.07) is 8.72. The van der Waals surface area contributed by atoms with E-state index in [4.69, 9.17) is 0 Å². The molecule has 2 unspecified atom stereocenters. The number of nitrogens with one attached hydrogen (secondary N) is 3. The second-order valence-electron chi connectivity index (χ2n) is 5.15. The van der Waals surface area contributed by atoms with E-state index in [2.05, 4.69) is 34.8 Å². The Balaban J connectivity index is 1.90. The van der Waals surface area contributed by atoms with Crippen LogP contribution in [-0.2, 0) is 0 Å². The Labute approximate surface area is 114 Å². The molecule has 2 rings (SSSR count). The van der Waals surface area contributed by atoms with Crippen molar-refractivity contribution in [3.8, 4) is 0 Å². The van der Waals surface area contributed by atoms with Crippen LogP contribution in [-0.4, -0.2) is 43.7 Å². The van der Waals surface area contributed by atoms with Gasteiger partial charge >= 0.3 is 6.03 Å². The molecule has 104 valence electrons. The molecule has 0 radical (unpaired) electrons. The molecule has 2 amide bonds. The molecule has 0 bridgehead atoms. The molecule has 19 heavy (non-hydrogen) atoms. The van der Waals surface area contributed by atoms with Gasteiger partial charge in [-0.2, -0.15) is 0 Å². The molecule has 1 aliphatic rings. The fourth-order valence-electron chi connectivity index (χ4n) is 2.38. The Kier molecular flexibility index (Phi) is 4.27. The van der Waals surface area contributed by atoms with E-state index in [0.717, 1.165) is 24.3 Å². The number of carbonyl (C=O) groups is 1. The highest BCUT2D eigenvalue weighted by molar-refractivity contribution is 5.89. The molecule has 2 atom stereocenters. The first kappa shape index (κ1) is 13.7. The van der Waals surface area contributed by atoms with Crippen LogP contribution >= 0.6 is 0 Å². The highest BCUT2D eigenvalue weighted by Crippen LogP contribution is 2.20. The molecule has 0 aromatic heterocycles. The number of hydrogen-bond acceptors (Lipinski definition) is 3. The molecule has 1 heterocycles. The average Bonchev–Trinajstić information content (AvgIpc) is 2.70. The van der Waals surface area contributed by atoms with Gasteiger partial charge in [0.25, 0.3) is 0 Å². The topological polar surface area (TPSA) is 56.4 Å². The van der Waals surface area contributed by atoms with Crippen LogP contribution < -0.4 is 16.0 Å². The lowest BCUT2D eigenvalue weighted by molar-refractivity contribution is 0.254. The standard InChI is InChI=1S/C14H22N4O/c1-10-8-13(9-18(10)3)16-11-4-6-12(7-5-11)17-14(19)15-2/h4-7,10,13,16H,8-9H2,1-3H3,(H2,15,17,19). The molecule has 1 saturated heterocycles. The van der Waals surface area contributed by atoms with Gasteiger partial charge in [0.15, 0.2) is 0 Å². The number of benzene rings is 1. The number of rotatable bonds is 3. The van der Waals surface area contributed by atoms with Crippen LogP contribution in [0, 0.1) is 0 Å². The molecule has 1 aromatic carbocycles. The highest BCUT2D eigenvalue weighted by Gasteiger charge is 2.25. The Hall–Kier alpha value is -1.75. The van der Waals surface area contributed by atoms with Gasteiger partial charge in [0.1, 0.15) is 0 Å². The second-order valence-corrected chi connectivity index (χ2v) is 5.15. The minimum atomic E-state index is -0.202. The summed E-state index contributed by atoms with van der Waals surface area (Å²) < 4.78 is 0. The number of likely N-dealkylation sites (N-methyl/N-ethyl adjacent to an activating group) is 1. The highest BCUT2D eigenvalue weighted by atomic mass is 16.2. The lowest BCUT2D eigenvalue weighted by Gasteiger charge is -2.14. The summed E-state index contributed by atoms with van der Waals surface area (Å²) in [5.41, 5.74) is 1.89. The summed E-state index contributed by atoms with van der Waals surface area (Å²) >= 11 is 0. The van der Waals surface area contributed by atoms with Crippen LogP contribution in [0.25, 0.3) is 0 Å². The molecule has 5 heteroatoms. The van der Waals surface area contributed by atoms with Crippen molar-refractivity contribution in [3.05, 3.63) is 24.3 Å². The predicted molar refractivity (Wildman–Crippen MR) is 78.6 cm³/mol. The van der Waals surface area contributed by atoms with Crippen LogP contribution in [0.3, 0.4) is 0 Å². The van der Waals surface area contributed by atoms with Crippen molar-refractivity contribution in [1.82, 2.24) is 10.2 Å². The lowest BCUT2D eigenvalue weighted by atomic mass is 10.2. The minimum absolute atomic E-state index is 0.202. The fourth-order valence-corrected chi connectivity index (χ4v) is 2.38. The smallest absolute Gasteiger partial charge is 0.318 e. The second kappa shape index (κ2) is 5.93. The monoisotopic (exact) mass is 262 g/mol. The van der Waals surface area contributed by atoms with E-state index in [-0.39, 0.29) is 6.03 Å². The maximum atomic E-state index is 11.2. The predicted octanol–water partition coefficient (Wildman–Crippen LogP) is 1.94. The molecule has 1 aromatic rings. The molecular weight excluding hydrogens is 240 g/mol. The maximum Gasteiger partial charge on any atom is 0.318 e. The summed E-state index contributed by atoms with van der Waals surface area (Å²) in [7, 11) is 3.76. The number of anilines is 2. The largest absolute Gasteiger partial charge is 0.381 e. The van der Waals surface area contributed by atoms with Crippen molar-refractivity contribution in [3.63, 3.8) is 0 Å². The Bertz CT molecular complexity index is 422. The Morgan fingerprint density at radius 1 is 1.26 bits per heavy atom. The summed E-state index contributed by atoms with van der Waals surface area (Å²) in [6.45, 7) is 3.32. The average molecular weight is 262 g/mol.